The highest BCUT2D eigenvalue weighted by atomic mass is 35.5. The third-order valence-corrected chi connectivity index (χ3v) is 6.04. The fourth-order valence-corrected chi connectivity index (χ4v) is 4.32. The molecular weight excluding hydrogens is 453 g/mol. The van der Waals surface area contributed by atoms with Gasteiger partial charge in [-0.2, -0.15) is 0 Å². The molecule has 0 aliphatic carbocycles. The summed E-state index contributed by atoms with van der Waals surface area (Å²) in [5.41, 5.74) is 4.97. The highest BCUT2D eigenvalue weighted by Gasteiger charge is 2.17. The average molecular weight is 487 g/mol. The molecule has 1 saturated heterocycles. The van der Waals surface area contributed by atoms with Crippen molar-refractivity contribution in [1.29, 1.82) is 0 Å². The van der Waals surface area contributed by atoms with E-state index in [0.29, 0.717) is 12.2 Å². The zero-order valence-corrected chi connectivity index (χ0v) is 20.4. The molecule has 0 saturated carbocycles. The van der Waals surface area contributed by atoms with E-state index < -0.39 is 0 Å². The molecule has 0 unspecified atom stereocenters. The zero-order chi connectivity index (χ0) is 19.2. The van der Waals surface area contributed by atoms with E-state index in [1.807, 2.05) is 6.07 Å². The number of halogens is 3. The van der Waals surface area contributed by atoms with E-state index >= 15 is 0 Å². The molecule has 0 radical (unpaired) electrons. The largest absolute Gasteiger partial charge is 0.369 e. The van der Waals surface area contributed by atoms with Crippen molar-refractivity contribution in [3.05, 3.63) is 65.2 Å². The highest BCUT2D eigenvalue weighted by Crippen LogP contribution is 2.18. The molecule has 0 aromatic heterocycles. The van der Waals surface area contributed by atoms with Crippen molar-refractivity contribution in [3.8, 4) is 0 Å². The summed E-state index contributed by atoms with van der Waals surface area (Å²) in [6.45, 7) is 7.36. The van der Waals surface area contributed by atoms with Crippen molar-refractivity contribution in [2.75, 3.05) is 50.7 Å². The minimum absolute atomic E-state index is 0. The molecule has 0 amide bonds. The van der Waals surface area contributed by atoms with Gasteiger partial charge < -0.3 is 10.2 Å². The summed E-state index contributed by atoms with van der Waals surface area (Å²) in [4.78, 5) is 17.6. The molecular formula is C24H34Cl3N3O. The van der Waals surface area contributed by atoms with E-state index in [4.69, 9.17) is 0 Å². The van der Waals surface area contributed by atoms with E-state index in [0.717, 1.165) is 70.6 Å². The van der Waals surface area contributed by atoms with Crippen LogP contribution in [0, 0.1) is 0 Å². The summed E-state index contributed by atoms with van der Waals surface area (Å²) < 4.78 is 0. The lowest BCUT2D eigenvalue weighted by atomic mass is 9.97. The monoisotopic (exact) mass is 485 g/mol. The summed E-state index contributed by atoms with van der Waals surface area (Å²) in [6.07, 6.45) is 3.69. The molecule has 7 heteroatoms. The molecule has 0 atom stereocenters. The number of hydrogen-bond donors (Lipinski definition) is 1. The standard InChI is InChI=1S/C24H31N3O.3ClH/c28-24(22-9-8-20-10-12-25-13-11-21(20)19-22)7-4-14-26-15-17-27(18-16-26)23-5-2-1-3-6-23;;;/h1-3,5-6,8-9,19,25H,4,7,10-18H2;3*1H. The molecule has 1 fully saturated rings. The summed E-state index contributed by atoms with van der Waals surface area (Å²) in [5, 5.41) is 3.43. The Bertz CT molecular complexity index is 796. The van der Waals surface area contributed by atoms with Crippen LogP contribution >= 0.6 is 37.2 Å². The molecule has 172 valence electrons. The van der Waals surface area contributed by atoms with Gasteiger partial charge in [0, 0.05) is 43.9 Å². The van der Waals surface area contributed by atoms with E-state index in [2.05, 4.69) is 57.6 Å². The number of rotatable bonds is 6. The SMILES string of the molecule is Cl.Cl.Cl.O=C(CCCN1CCN(c2ccccc2)CC1)c1ccc2c(c1)CCNCC2. The highest BCUT2D eigenvalue weighted by molar-refractivity contribution is 5.96. The Balaban J connectivity index is 0.00000160. The van der Waals surface area contributed by atoms with Gasteiger partial charge >= 0.3 is 0 Å². The van der Waals surface area contributed by atoms with Crippen LogP contribution in [0.5, 0.6) is 0 Å². The van der Waals surface area contributed by atoms with Gasteiger partial charge in [-0.3, -0.25) is 9.69 Å². The van der Waals surface area contributed by atoms with Crippen LogP contribution in [0.4, 0.5) is 5.69 Å². The maximum absolute atomic E-state index is 12.7. The van der Waals surface area contributed by atoms with E-state index in [-0.39, 0.29) is 37.2 Å². The van der Waals surface area contributed by atoms with Crippen molar-refractivity contribution < 1.29 is 4.79 Å². The molecule has 2 aromatic carbocycles. The maximum atomic E-state index is 12.7. The Kier molecular flexibility index (Phi) is 12.5. The number of anilines is 1. The number of carbonyl (C=O) groups excluding carboxylic acids is 1. The van der Waals surface area contributed by atoms with Gasteiger partial charge in [-0.05, 0) is 68.2 Å². The smallest absolute Gasteiger partial charge is 0.162 e. The molecule has 1 N–H and O–H groups in total. The first-order valence-electron chi connectivity index (χ1n) is 10.7. The fourth-order valence-electron chi connectivity index (χ4n) is 4.32. The van der Waals surface area contributed by atoms with Crippen molar-refractivity contribution >= 4 is 48.7 Å². The fraction of sp³-hybridized carbons (Fsp3) is 0.458. The van der Waals surface area contributed by atoms with Gasteiger partial charge in [-0.1, -0.05) is 30.3 Å². The number of hydrogen-bond acceptors (Lipinski definition) is 4. The number of carbonyl (C=O) groups is 1. The van der Waals surface area contributed by atoms with Crippen LogP contribution in [-0.2, 0) is 12.8 Å². The lowest BCUT2D eigenvalue weighted by molar-refractivity contribution is 0.0974. The van der Waals surface area contributed by atoms with Crippen molar-refractivity contribution in [1.82, 2.24) is 10.2 Å². The van der Waals surface area contributed by atoms with Gasteiger partial charge in [-0.25, -0.2) is 0 Å². The third-order valence-electron chi connectivity index (χ3n) is 6.04. The van der Waals surface area contributed by atoms with Gasteiger partial charge in [0.05, 0.1) is 0 Å². The number of para-hydroxylation sites is 1. The van der Waals surface area contributed by atoms with Crippen LogP contribution < -0.4 is 10.2 Å². The van der Waals surface area contributed by atoms with Gasteiger partial charge in [-0.15, -0.1) is 37.2 Å². The number of nitrogens with zero attached hydrogens (tertiary/aromatic N) is 2. The van der Waals surface area contributed by atoms with Gasteiger partial charge in [0.25, 0.3) is 0 Å². The Morgan fingerprint density at radius 1 is 0.839 bits per heavy atom. The van der Waals surface area contributed by atoms with Gasteiger partial charge in [0.15, 0.2) is 5.78 Å². The minimum atomic E-state index is 0. The van der Waals surface area contributed by atoms with Crippen LogP contribution in [0.1, 0.15) is 34.3 Å². The van der Waals surface area contributed by atoms with E-state index in [1.165, 1.54) is 16.8 Å². The summed E-state index contributed by atoms with van der Waals surface area (Å²) in [7, 11) is 0. The number of Topliss-reactive ketones (excluding diaryl/α,β-unsaturated/α-hetero) is 1. The molecule has 2 aromatic rings. The molecule has 0 spiro atoms. The number of nitrogens with one attached hydrogen (secondary N) is 1. The first-order chi connectivity index (χ1) is 13.8. The van der Waals surface area contributed by atoms with E-state index in [1.54, 1.807) is 0 Å². The molecule has 2 aliphatic rings. The molecule has 4 rings (SSSR count). The zero-order valence-electron chi connectivity index (χ0n) is 17.9. The molecule has 4 nitrogen and oxygen atoms in total. The normalized spacial score (nSPS) is 16.1. The average Bonchev–Trinajstić information content (AvgIpc) is 2.99. The summed E-state index contributed by atoms with van der Waals surface area (Å²) in [5.74, 6) is 0.294. The number of piperazine rings is 1. The first kappa shape index (κ1) is 27.7. The van der Waals surface area contributed by atoms with E-state index in [9.17, 15) is 4.79 Å². The second-order valence-corrected chi connectivity index (χ2v) is 7.92. The van der Waals surface area contributed by atoms with Crippen LogP contribution in [-0.4, -0.2) is 56.5 Å². The topological polar surface area (TPSA) is 35.6 Å². The van der Waals surface area contributed by atoms with Crippen molar-refractivity contribution in [3.63, 3.8) is 0 Å². The second kappa shape index (κ2) is 14.0. The lowest BCUT2D eigenvalue weighted by Crippen LogP contribution is -2.46. The number of ketones is 1. The lowest BCUT2D eigenvalue weighted by Gasteiger charge is -2.36. The van der Waals surface area contributed by atoms with Crippen molar-refractivity contribution in [2.45, 2.75) is 25.7 Å². The number of fused-ring (bicyclic) bond motifs is 1. The summed E-state index contributed by atoms with van der Waals surface area (Å²) >= 11 is 0. The Morgan fingerprint density at radius 2 is 1.52 bits per heavy atom. The Hall–Kier alpha value is -1.30. The molecule has 2 aliphatic heterocycles. The first-order valence-corrected chi connectivity index (χ1v) is 10.7. The van der Waals surface area contributed by atoms with Crippen LogP contribution in [0.3, 0.4) is 0 Å². The third kappa shape index (κ3) is 7.65. The summed E-state index contributed by atoms with van der Waals surface area (Å²) in [6, 6.07) is 17.0. The molecule has 2 heterocycles. The number of benzene rings is 2. The Labute approximate surface area is 205 Å². The minimum Gasteiger partial charge on any atom is -0.369 e. The quantitative estimate of drug-likeness (QED) is 0.613. The molecule has 31 heavy (non-hydrogen) atoms. The van der Waals surface area contributed by atoms with Crippen LogP contribution in [0.2, 0.25) is 0 Å². The molecule has 0 bridgehead atoms. The van der Waals surface area contributed by atoms with Crippen molar-refractivity contribution in [2.24, 2.45) is 0 Å². The van der Waals surface area contributed by atoms with Crippen LogP contribution in [0.15, 0.2) is 48.5 Å². The second-order valence-electron chi connectivity index (χ2n) is 7.92. The maximum Gasteiger partial charge on any atom is 0.162 e. The predicted octanol–water partition coefficient (Wildman–Crippen LogP) is 4.43. The Morgan fingerprint density at radius 3 is 2.23 bits per heavy atom. The van der Waals surface area contributed by atoms with Gasteiger partial charge in [0.2, 0.25) is 0 Å². The predicted molar refractivity (Wildman–Crippen MR) is 137 cm³/mol. The van der Waals surface area contributed by atoms with Gasteiger partial charge in [0.1, 0.15) is 0 Å². The van der Waals surface area contributed by atoms with Crippen LogP contribution in [0.25, 0.3) is 0 Å².